The zero-order valence-corrected chi connectivity index (χ0v) is 12.2. The van der Waals surface area contributed by atoms with Crippen LogP contribution < -0.4 is 4.74 Å². The lowest BCUT2D eigenvalue weighted by molar-refractivity contribution is 0.412. The molecule has 0 radical (unpaired) electrons. The van der Waals surface area contributed by atoms with Gasteiger partial charge in [-0.1, -0.05) is 41.0 Å². The number of nitrogens with zero attached hydrogens (tertiary/aromatic N) is 2. The van der Waals surface area contributed by atoms with E-state index in [0.29, 0.717) is 23.2 Å². The predicted molar refractivity (Wildman–Crippen MR) is 80.5 cm³/mol. The van der Waals surface area contributed by atoms with Gasteiger partial charge in [-0.2, -0.15) is 4.98 Å². The molecule has 0 saturated heterocycles. The quantitative estimate of drug-likeness (QED) is 0.731. The van der Waals surface area contributed by atoms with E-state index in [1.165, 1.54) is 0 Å². The van der Waals surface area contributed by atoms with Gasteiger partial charge in [0, 0.05) is 17.0 Å². The van der Waals surface area contributed by atoms with Gasteiger partial charge >= 0.3 is 0 Å². The Balaban J connectivity index is 1.85. The molecular formula is C16H13ClN2O2. The standard InChI is InChI=1S/C16H13ClN2O2/c1-20-13-7-4-6-12(9-13)16-18-15(19-21-16)10-11-5-2-3-8-14(11)17/h2-9H,10H2,1H3. The number of benzene rings is 2. The van der Waals surface area contributed by atoms with Crippen molar-refractivity contribution in [3.63, 3.8) is 0 Å². The van der Waals surface area contributed by atoms with Crippen LogP contribution in [0.15, 0.2) is 53.1 Å². The van der Waals surface area contributed by atoms with E-state index in [2.05, 4.69) is 10.1 Å². The second-order valence-corrected chi connectivity index (χ2v) is 4.92. The lowest BCUT2D eigenvalue weighted by Crippen LogP contribution is -1.91. The smallest absolute Gasteiger partial charge is 0.258 e. The zero-order valence-electron chi connectivity index (χ0n) is 11.4. The second-order valence-electron chi connectivity index (χ2n) is 4.52. The average molecular weight is 301 g/mol. The Morgan fingerprint density at radius 2 is 2.00 bits per heavy atom. The number of aromatic nitrogens is 2. The Morgan fingerprint density at radius 1 is 1.14 bits per heavy atom. The van der Waals surface area contributed by atoms with Crippen molar-refractivity contribution in [2.75, 3.05) is 7.11 Å². The summed E-state index contributed by atoms with van der Waals surface area (Å²) < 4.78 is 10.5. The molecule has 0 N–H and O–H groups in total. The van der Waals surface area contributed by atoms with Gasteiger partial charge in [-0.25, -0.2) is 0 Å². The fraction of sp³-hybridized carbons (Fsp3) is 0.125. The van der Waals surface area contributed by atoms with E-state index in [1.807, 2.05) is 48.5 Å². The molecule has 0 atom stereocenters. The lowest BCUT2D eigenvalue weighted by atomic mass is 10.1. The first kappa shape index (κ1) is 13.6. The highest BCUT2D eigenvalue weighted by Gasteiger charge is 2.11. The molecule has 0 amide bonds. The Kier molecular flexibility index (Phi) is 3.88. The molecule has 5 heteroatoms. The number of hydrogen-bond acceptors (Lipinski definition) is 4. The zero-order chi connectivity index (χ0) is 14.7. The molecule has 21 heavy (non-hydrogen) atoms. The van der Waals surface area contributed by atoms with Gasteiger partial charge in [0.25, 0.3) is 5.89 Å². The predicted octanol–water partition coefficient (Wildman–Crippen LogP) is 3.99. The topological polar surface area (TPSA) is 48.2 Å². The highest BCUT2D eigenvalue weighted by atomic mass is 35.5. The SMILES string of the molecule is COc1cccc(-c2nc(Cc3ccccc3Cl)no2)c1. The molecular weight excluding hydrogens is 288 g/mol. The second kappa shape index (κ2) is 5.97. The number of methoxy groups -OCH3 is 1. The van der Waals surface area contributed by atoms with Crippen LogP contribution in [0.1, 0.15) is 11.4 Å². The van der Waals surface area contributed by atoms with Crippen LogP contribution in [0.4, 0.5) is 0 Å². The van der Waals surface area contributed by atoms with E-state index in [1.54, 1.807) is 7.11 Å². The van der Waals surface area contributed by atoms with Crippen LogP contribution >= 0.6 is 11.6 Å². The molecule has 0 aliphatic carbocycles. The fourth-order valence-corrected chi connectivity index (χ4v) is 2.21. The monoisotopic (exact) mass is 300 g/mol. The molecule has 106 valence electrons. The van der Waals surface area contributed by atoms with Crippen LogP contribution in [0.3, 0.4) is 0 Å². The Labute approximate surface area is 127 Å². The van der Waals surface area contributed by atoms with Crippen LogP contribution in [0.5, 0.6) is 5.75 Å². The van der Waals surface area contributed by atoms with Crippen LogP contribution in [-0.4, -0.2) is 17.3 Å². The summed E-state index contributed by atoms with van der Waals surface area (Å²) >= 11 is 6.13. The summed E-state index contributed by atoms with van der Waals surface area (Å²) in [5.41, 5.74) is 1.80. The van der Waals surface area contributed by atoms with Crippen molar-refractivity contribution < 1.29 is 9.26 Å². The molecule has 3 aromatic rings. The normalized spacial score (nSPS) is 10.6. The summed E-state index contributed by atoms with van der Waals surface area (Å²) in [6, 6.07) is 15.1. The number of halogens is 1. The summed E-state index contributed by atoms with van der Waals surface area (Å²) in [4.78, 5) is 4.40. The fourth-order valence-electron chi connectivity index (χ4n) is 2.01. The molecule has 3 rings (SSSR count). The third kappa shape index (κ3) is 3.06. The van der Waals surface area contributed by atoms with Gasteiger partial charge in [0.2, 0.25) is 0 Å². The molecule has 0 saturated carbocycles. The molecule has 0 bridgehead atoms. The highest BCUT2D eigenvalue weighted by Crippen LogP contribution is 2.23. The van der Waals surface area contributed by atoms with Crippen molar-refractivity contribution in [2.45, 2.75) is 6.42 Å². The first-order valence-electron chi connectivity index (χ1n) is 6.46. The summed E-state index contributed by atoms with van der Waals surface area (Å²) in [6.45, 7) is 0. The van der Waals surface area contributed by atoms with Crippen molar-refractivity contribution in [3.05, 3.63) is 64.9 Å². The Morgan fingerprint density at radius 3 is 2.81 bits per heavy atom. The molecule has 1 heterocycles. The van der Waals surface area contributed by atoms with E-state index >= 15 is 0 Å². The van der Waals surface area contributed by atoms with Gasteiger partial charge in [-0.05, 0) is 29.8 Å². The molecule has 2 aromatic carbocycles. The van der Waals surface area contributed by atoms with E-state index < -0.39 is 0 Å². The van der Waals surface area contributed by atoms with Crippen LogP contribution in [-0.2, 0) is 6.42 Å². The van der Waals surface area contributed by atoms with Crippen molar-refractivity contribution in [1.29, 1.82) is 0 Å². The molecule has 0 unspecified atom stereocenters. The van der Waals surface area contributed by atoms with Gasteiger partial charge in [0.05, 0.1) is 7.11 Å². The Bertz CT molecular complexity index is 755. The molecule has 0 aliphatic heterocycles. The van der Waals surface area contributed by atoms with Crippen molar-refractivity contribution in [3.8, 4) is 17.2 Å². The summed E-state index contributed by atoms with van der Waals surface area (Å²) in [5, 5.41) is 4.70. The maximum atomic E-state index is 6.13. The van der Waals surface area contributed by atoms with E-state index in [-0.39, 0.29) is 0 Å². The van der Waals surface area contributed by atoms with Crippen LogP contribution in [0.2, 0.25) is 5.02 Å². The number of ether oxygens (including phenoxy) is 1. The van der Waals surface area contributed by atoms with Gasteiger partial charge in [-0.3, -0.25) is 0 Å². The highest BCUT2D eigenvalue weighted by molar-refractivity contribution is 6.31. The summed E-state index contributed by atoms with van der Waals surface area (Å²) in [6.07, 6.45) is 0.535. The third-order valence-electron chi connectivity index (χ3n) is 3.09. The minimum absolute atomic E-state index is 0.468. The van der Waals surface area contributed by atoms with Crippen molar-refractivity contribution in [2.24, 2.45) is 0 Å². The number of hydrogen-bond donors (Lipinski definition) is 0. The van der Waals surface area contributed by atoms with Crippen molar-refractivity contribution in [1.82, 2.24) is 10.1 Å². The van der Waals surface area contributed by atoms with Gasteiger partial charge in [-0.15, -0.1) is 0 Å². The molecule has 1 aromatic heterocycles. The summed E-state index contributed by atoms with van der Waals surface area (Å²) in [5.74, 6) is 1.82. The maximum absolute atomic E-state index is 6.13. The maximum Gasteiger partial charge on any atom is 0.258 e. The van der Waals surface area contributed by atoms with Gasteiger partial charge in [0.1, 0.15) is 5.75 Å². The average Bonchev–Trinajstić information content (AvgIpc) is 2.98. The summed E-state index contributed by atoms with van der Waals surface area (Å²) in [7, 11) is 1.62. The van der Waals surface area contributed by atoms with Crippen LogP contribution in [0, 0.1) is 0 Å². The first-order chi connectivity index (χ1) is 10.3. The third-order valence-corrected chi connectivity index (χ3v) is 3.46. The molecule has 0 aliphatic rings. The van der Waals surface area contributed by atoms with E-state index in [9.17, 15) is 0 Å². The minimum Gasteiger partial charge on any atom is -0.497 e. The lowest BCUT2D eigenvalue weighted by Gasteiger charge is -2.00. The minimum atomic E-state index is 0.468. The molecule has 0 spiro atoms. The largest absolute Gasteiger partial charge is 0.497 e. The van der Waals surface area contributed by atoms with E-state index in [0.717, 1.165) is 16.9 Å². The molecule has 4 nitrogen and oxygen atoms in total. The van der Waals surface area contributed by atoms with E-state index in [4.69, 9.17) is 20.9 Å². The number of rotatable bonds is 4. The Hall–Kier alpha value is -2.33. The first-order valence-corrected chi connectivity index (χ1v) is 6.84. The molecule has 0 fully saturated rings. The van der Waals surface area contributed by atoms with Gasteiger partial charge in [0.15, 0.2) is 5.82 Å². The van der Waals surface area contributed by atoms with Gasteiger partial charge < -0.3 is 9.26 Å². The van der Waals surface area contributed by atoms with Crippen LogP contribution in [0.25, 0.3) is 11.5 Å². The van der Waals surface area contributed by atoms with Crippen molar-refractivity contribution >= 4 is 11.6 Å².